The third-order valence-electron chi connectivity index (χ3n) is 4.49. The average Bonchev–Trinajstić information content (AvgIpc) is 3.07. The second kappa shape index (κ2) is 6.00. The van der Waals surface area contributed by atoms with E-state index < -0.39 is 0 Å². The third-order valence-corrected chi connectivity index (χ3v) is 5.50. The van der Waals surface area contributed by atoms with Crippen LogP contribution in [0.2, 0.25) is 0 Å². The molecule has 0 aliphatic heterocycles. The number of rotatable bonds is 5. The highest BCUT2D eigenvalue weighted by molar-refractivity contribution is 7.99. The van der Waals surface area contributed by atoms with Crippen molar-refractivity contribution in [2.24, 2.45) is 17.8 Å². The van der Waals surface area contributed by atoms with Gasteiger partial charge in [-0.25, -0.2) is 0 Å². The quantitative estimate of drug-likeness (QED) is 0.659. The zero-order valence-corrected chi connectivity index (χ0v) is 12.0. The van der Waals surface area contributed by atoms with Gasteiger partial charge in [-0.3, -0.25) is 4.79 Å². The fourth-order valence-corrected chi connectivity index (χ4v) is 4.35. The lowest BCUT2D eigenvalue weighted by Gasteiger charge is -2.20. The molecule has 0 aromatic heterocycles. The van der Waals surface area contributed by atoms with Crippen LogP contribution in [0.15, 0.2) is 35.2 Å². The predicted octanol–water partition coefficient (Wildman–Crippen LogP) is 3.33. The van der Waals surface area contributed by atoms with Crippen LogP contribution < -0.4 is 5.32 Å². The number of fused-ring (bicyclic) bond motifs is 2. The first kappa shape index (κ1) is 13.0. The molecule has 2 saturated carbocycles. The molecule has 3 atom stereocenters. The van der Waals surface area contributed by atoms with Crippen LogP contribution in [0.1, 0.15) is 25.7 Å². The highest BCUT2D eigenvalue weighted by Gasteiger charge is 2.42. The Bertz CT molecular complexity index is 434. The van der Waals surface area contributed by atoms with Crippen LogP contribution in [0.25, 0.3) is 0 Å². The molecule has 2 aliphatic carbocycles. The van der Waals surface area contributed by atoms with E-state index in [9.17, 15) is 4.79 Å². The number of carbonyl (C=O) groups excluding carboxylic acids is 1. The number of thioether (sulfide) groups is 1. The van der Waals surface area contributed by atoms with Gasteiger partial charge < -0.3 is 5.32 Å². The predicted molar refractivity (Wildman–Crippen MR) is 79.1 cm³/mol. The zero-order chi connectivity index (χ0) is 13.1. The van der Waals surface area contributed by atoms with E-state index in [1.807, 2.05) is 6.07 Å². The standard InChI is InChI=1S/C16H21NOS/c18-16(15-11-12-6-7-13(15)10-12)17-8-9-19-14-4-2-1-3-5-14/h1-5,12-13,15H,6-11H2,(H,17,18)/t12-,13-,15-/m0/s1. The molecule has 102 valence electrons. The van der Waals surface area contributed by atoms with Gasteiger partial charge in [-0.15, -0.1) is 11.8 Å². The number of carbonyl (C=O) groups is 1. The number of nitrogens with one attached hydrogen (secondary N) is 1. The number of hydrogen-bond donors (Lipinski definition) is 1. The van der Waals surface area contributed by atoms with Crippen LogP contribution in [0.5, 0.6) is 0 Å². The lowest BCUT2D eigenvalue weighted by molar-refractivity contribution is -0.126. The highest BCUT2D eigenvalue weighted by Crippen LogP contribution is 2.48. The minimum Gasteiger partial charge on any atom is -0.355 e. The van der Waals surface area contributed by atoms with Crippen LogP contribution in [-0.4, -0.2) is 18.2 Å². The van der Waals surface area contributed by atoms with Crippen LogP contribution in [-0.2, 0) is 4.79 Å². The SMILES string of the molecule is O=C(NCCSc1ccccc1)[C@H]1C[C@H]2CC[C@H]1C2. The van der Waals surface area contributed by atoms with Crippen LogP contribution >= 0.6 is 11.8 Å². The normalized spacial score (nSPS) is 28.5. The Balaban J connectivity index is 1.37. The van der Waals surface area contributed by atoms with Crippen molar-refractivity contribution in [1.29, 1.82) is 0 Å². The maximum absolute atomic E-state index is 12.1. The molecule has 2 nitrogen and oxygen atoms in total. The monoisotopic (exact) mass is 275 g/mol. The van der Waals surface area contributed by atoms with Gasteiger partial charge in [0.15, 0.2) is 0 Å². The van der Waals surface area contributed by atoms with Crippen LogP contribution in [0.4, 0.5) is 0 Å². The minimum atomic E-state index is 0.306. The Kier molecular flexibility index (Phi) is 4.12. The molecule has 2 aliphatic rings. The lowest BCUT2D eigenvalue weighted by atomic mass is 9.88. The van der Waals surface area contributed by atoms with Gasteiger partial charge in [0.2, 0.25) is 5.91 Å². The molecule has 0 spiro atoms. The van der Waals surface area contributed by atoms with E-state index in [1.165, 1.54) is 24.2 Å². The molecular weight excluding hydrogens is 254 g/mol. The van der Waals surface area contributed by atoms with Crippen molar-refractivity contribution < 1.29 is 4.79 Å². The Hall–Kier alpha value is -0.960. The third kappa shape index (κ3) is 3.14. The van der Waals surface area contributed by atoms with E-state index in [1.54, 1.807) is 11.8 Å². The van der Waals surface area contributed by atoms with Crippen molar-refractivity contribution in [2.75, 3.05) is 12.3 Å². The molecule has 1 aromatic carbocycles. The van der Waals surface area contributed by atoms with E-state index in [4.69, 9.17) is 0 Å². The highest BCUT2D eigenvalue weighted by atomic mass is 32.2. The first-order valence-electron chi connectivity index (χ1n) is 7.28. The maximum Gasteiger partial charge on any atom is 0.223 e. The Morgan fingerprint density at radius 2 is 2.05 bits per heavy atom. The van der Waals surface area contributed by atoms with E-state index in [0.29, 0.717) is 17.7 Å². The van der Waals surface area contributed by atoms with Gasteiger partial charge in [-0.2, -0.15) is 0 Å². The van der Waals surface area contributed by atoms with Gasteiger partial charge in [-0.05, 0) is 43.2 Å². The molecular formula is C16H21NOS. The van der Waals surface area contributed by atoms with Gasteiger partial charge in [0.25, 0.3) is 0 Å². The molecule has 2 bridgehead atoms. The topological polar surface area (TPSA) is 29.1 Å². The van der Waals surface area contributed by atoms with E-state index in [-0.39, 0.29) is 0 Å². The first-order valence-corrected chi connectivity index (χ1v) is 8.27. The van der Waals surface area contributed by atoms with E-state index in [2.05, 4.69) is 29.6 Å². The summed E-state index contributed by atoms with van der Waals surface area (Å²) in [7, 11) is 0. The molecule has 1 amide bonds. The van der Waals surface area contributed by atoms with Crippen molar-refractivity contribution in [3.05, 3.63) is 30.3 Å². The van der Waals surface area contributed by atoms with Crippen molar-refractivity contribution in [3.8, 4) is 0 Å². The van der Waals surface area contributed by atoms with Crippen molar-refractivity contribution >= 4 is 17.7 Å². The average molecular weight is 275 g/mol. The molecule has 1 aromatic rings. The van der Waals surface area contributed by atoms with Crippen molar-refractivity contribution in [3.63, 3.8) is 0 Å². The number of amides is 1. The van der Waals surface area contributed by atoms with Gasteiger partial charge in [0, 0.05) is 23.1 Å². The smallest absolute Gasteiger partial charge is 0.223 e. The molecule has 19 heavy (non-hydrogen) atoms. The summed E-state index contributed by atoms with van der Waals surface area (Å²) in [5, 5.41) is 3.12. The molecule has 0 saturated heterocycles. The van der Waals surface area contributed by atoms with Crippen molar-refractivity contribution in [1.82, 2.24) is 5.32 Å². The first-order chi connectivity index (χ1) is 9.33. The second-order valence-corrected chi connectivity index (χ2v) is 6.90. The molecule has 2 fully saturated rings. The van der Waals surface area contributed by atoms with Crippen molar-refractivity contribution in [2.45, 2.75) is 30.6 Å². The lowest BCUT2D eigenvalue weighted by Crippen LogP contribution is -2.34. The van der Waals surface area contributed by atoms with Gasteiger partial charge in [0.05, 0.1) is 0 Å². The molecule has 1 N–H and O–H groups in total. The van der Waals surface area contributed by atoms with Gasteiger partial charge >= 0.3 is 0 Å². The molecule has 0 heterocycles. The van der Waals surface area contributed by atoms with Crippen LogP contribution in [0.3, 0.4) is 0 Å². The molecule has 0 unspecified atom stereocenters. The Morgan fingerprint density at radius 1 is 1.21 bits per heavy atom. The second-order valence-electron chi connectivity index (χ2n) is 5.73. The molecule has 0 radical (unpaired) electrons. The molecule has 3 heteroatoms. The largest absolute Gasteiger partial charge is 0.355 e. The summed E-state index contributed by atoms with van der Waals surface area (Å²) in [6.07, 6.45) is 5.08. The number of benzene rings is 1. The maximum atomic E-state index is 12.1. The fourth-order valence-electron chi connectivity index (χ4n) is 3.56. The minimum absolute atomic E-state index is 0.306. The zero-order valence-electron chi connectivity index (χ0n) is 11.2. The van der Waals surface area contributed by atoms with Gasteiger partial charge in [-0.1, -0.05) is 24.6 Å². The summed E-state index contributed by atoms with van der Waals surface area (Å²) in [5.41, 5.74) is 0. The van der Waals surface area contributed by atoms with E-state index in [0.717, 1.165) is 24.6 Å². The summed E-state index contributed by atoms with van der Waals surface area (Å²) in [6, 6.07) is 10.4. The van der Waals surface area contributed by atoms with E-state index >= 15 is 0 Å². The molecule has 3 rings (SSSR count). The summed E-state index contributed by atoms with van der Waals surface area (Å²) in [5.74, 6) is 3.11. The fraction of sp³-hybridized carbons (Fsp3) is 0.562. The summed E-state index contributed by atoms with van der Waals surface area (Å²) in [6.45, 7) is 0.784. The number of hydrogen-bond acceptors (Lipinski definition) is 2. The summed E-state index contributed by atoms with van der Waals surface area (Å²) >= 11 is 1.81. The summed E-state index contributed by atoms with van der Waals surface area (Å²) in [4.78, 5) is 13.4. The van der Waals surface area contributed by atoms with Crippen LogP contribution in [0, 0.1) is 17.8 Å². The van der Waals surface area contributed by atoms with Gasteiger partial charge in [0.1, 0.15) is 0 Å². The Morgan fingerprint density at radius 3 is 2.74 bits per heavy atom. The Labute approximate surface area is 119 Å². The summed E-state index contributed by atoms with van der Waals surface area (Å²) < 4.78 is 0.